The summed E-state index contributed by atoms with van der Waals surface area (Å²) in [5.74, 6) is 2.00. The summed E-state index contributed by atoms with van der Waals surface area (Å²) in [6, 6.07) is 8.58. The van der Waals surface area contributed by atoms with E-state index in [4.69, 9.17) is 21.1 Å². The number of halogens is 1. The Morgan fingerprint density at radius 1 is 1.00 bits per heavy atom. The molecule has 35 heavy (non-hydrogen) atoms. The zero-order chi connectivity index (χ0) is 24.7. The molecule has 0 amide bonds. The standard InChI is InChI=1S/C25H26ClN5O4/c1-4-30-20-6-5-15(26)11-18(20)24(32)31(25(30)33)16-7-9-29(10-8-16)23-17-12-21(34-2)22(35-3)13-19(17)27-14-28-23/h5-6,11-14,16H,4,7-10H2,1-3H3. The van der Waals surface area contributed by atoms with E-state index in [0.717, 1.165) is 16.7 Å². The number of aromatic nitrogens is 4. The van der Waals surface area contributed by atoms with E-state index in [1.54, 1.807) is 37.0 Å². The van der Waals surface area contributed by atoms with Gasteiger partial charge in [-0.1, -0.05) is 11.6 Å². The van der Waals surface area contributed by atoms with E-state index >= 15 is 0 Å². The fraction of sp³-hybridized carbons (Fsp3) is 0.360. The number of benzene rings is 2. The molecule has 182 valence electrons. The Balaban J connectivity index is 1.50. The molecule has 0 bridgehead atoms. The van der Waals surface area contributed by atoms with Crippen molar-refractivity contribution in [1.82, 2.24) is 19.1 Å². The van der Waals surface area contributed by atoms with Crippen LogP contribution in [0.1, 0.15) is 25.8 Å². The monoisotopic (exact) mass is 495 g/mol. The summed E-state index contributed by atoms with van der Waals surface area (Å²) >= 11 is 6.17. The molecule has 1 aliphatic rings. The second kappa shape index (κ2) is 9.22. The van der Waals surface area contributed by atoms with Crippen molar-refractivity contribution in [3.05, 3.63) is 62.5 Å². The van der Waals surface area contributed by atoms with E-state index in [0.29, 0.717) is 59.9 Å². The molecule has 1 aliphatic heterocycles. The van der Waals surface area contributed by atoms with Crippen LogP contribution >= 0.6 is 11.6 Å². The third-order valence-electron chi connectivity index (χ3n) is 6.70. The lowest BCUT2D eigenvalue weighted by Gasteiger charge is -2.34. The number of anilines is 1. The largest absolute Gasteiger partial charge is 0.493 e. The quantitative estimate of drug-likeness (QED) is 0.417. The molecular weight excluding hydrogens is 470 g/mol. The minimum atomic E-state index is -0.292. The molecular formula is C25H26ClN5O4. The van der Waals surface area contributed by atoms with E-state index in [2.05, 4.69) is 14.9 Å². The lowest BCUT2D eigenvalue weighted by Crippen LogP contribution is -2.46. The first-order valence-electron chi connectivity index (χ1n) is 11.5. The summed E-state index contributed by atoms with van der Waals surface area (Å²) in [6.07, 6.45) is 2.79. The summed E-state index contributed by atoms with van der Waals surface area (Å²) in [5, 5.41) is 1.79. The van der Waals surface area contributed by atoms with Gasteiger partial charge >= 0.3 is 5.69 Å². The van der Waals surface area contributed by atoms with Gasteiger partial charge in [-0.25, -0.2) is 14.8 Å². The molecule has 0 saturated carbocycles. The molecule has 0 atom stereocenters. The molecule has 2 aromatic heterocycles. The highest BCUT2D eigenvalue weighted by Gasteiger charge is 2.27. The second-order valence-corrected chi connectivity index (χ2v) is 8.94. The molecule has 1 saturated heterocycles. The van der Waals surface area contributed by atoms with E-state index in [-0.39, 0.29) is 17.3 Å². The summed E-state index contributed by atoms with van der Waals surface area (Å²) in [6.45, 7) is 3.64. The maximum absolute atomic E-state index is 13.4. The molecule has 9 nitrogen and oxygen atoms in total. The van der Waals surface area contributed by atoms with Crippen LogP contribution in [0.3, 0.4) is 0 Å². The summed E-state index contributed by atoms with van der Waals surface area (Å²) in [7, 11) is 3.18. The van der Waals surface area contributed by atoms with Crippen LogP contribution in [0.4, 0.5) is 5.82 Å². The number of piperidine rings is 1. The van der Waals surface area contributed by atoms with Gasteiger partial charge < -0.3 is 14.4 Å². The molecule has 0 aliphatic carbocycles. The molecule has 5 rings (SSSR count). The number of fused-ring (bicyclic) bond motifs is 2. The minimum Gasteiger partial charge on any atom is -0.493 e. The lowest BCUT2D eigenvalue weighted by atomic mass is 10.0. The van der Waals surface area contributed by atoms with Crippen molar-refractivity contribution in [3.63, 3.8) is 0 Å². The zero-order valence-corrected chi connectivity index (χ0v) is 20.6. The van der Waals surface area contributed by atoms with Crippen LogP contribution in [0.15, 0.2) is 46.2 Å². The van der Waals surface area contributed by atoms with Crippen molar-refractivity contribution in [2.75, 3.05) is 32.2 Å². The maximum atomic E-state index is 13.4. The maximum Gasteiger partial charge on any atom is 0.331 e. The Morgan fingerprint density at radius 3 is 2.40 bits per heavy atom. The Kier molecular flexibility index (Phi) is 6.10. The van der Waals surface area contributed by atoms with Crippen molar-refractivity contribution in [2.45, 2.75) is 32.4 Å². The molecule has 1 fully saturated rings. The van der Waals surface area contributed by atoms with Crippen LogP contribution in [-0.4, -0.2) is 46.4 Å². The van der Waals surface area contributed by atoms with Crippen LogP contribution in [0.25, 0.3) is 21.8 Å². The third-order valence-corrected chi connectivity index (χ3v) is 6.94. The molecule has 0 N–H and O–H groups in total. The lowest BCUT2D eigenvalue weighted by molar-refractivity contribution is 0.355. The fourth-order valence-electron chi connectivity index (χ4n) is 4.95. The van der Waals surface area contributed by atoms with Crippen molar-refractivity contribution in [2.24, 2.45) is 0 Å². The SMILES string of the molecule is CCn1c(=O)n(C2CCN(c3ncnc4cc(OC)c(OC)cc34)CC2)c(=O)c2cc(Cl)ccc21. The van der Waals surface area contributed by atoms with Crippen LogP contribution in [0, 0.1) is 0 Å². The fourth-order valence-corrected chi connectivity index (χ4v) is 5.12. The van der Waals surface area contributed by atoms with Gasteiger partial charge in [-0.3, -0.25) is 13.9 Å². The first-order chi connectivity index (χ1) is 17.0. The van der Waals surface area contributed by atoms with E-state index < -0.39 is 0 Å². The molecule has 4 aromatic rings. The summed E-state index contributed by atoms with van der Waals surface area (Å²) < 4.78 is 13.9. The molecule has 2 aromatic carbocycles. The highest BCUT2D eigenvalue weighted by molar-refractivity contribution is 6.31. The smallest absolute Gasteiger partial charge is 0.331 e. The van der Waals surface area contributed by atoms with Crippen molar-refractivity contribution in [1.29, 1.82) is 0 Å². The number of rotatable bonds is 5. The van der Waals surface area contributed by atoms with Gasteiger partial charge in [0.2, 0.25) is 0 Å². The molecule has 3 heterocycles. The number of methoxy groups -OCH3 is 2. The number of nitrogens with zero attached hydrogens (tertiary/aromatic N) is 5. The first-order valence-corrected chi connectivity index (χ1v) is 11.9. The number of ether oxygens (including phenoxy) is 2. The number of aryl methyl sites for hydroxylation is 1. The highest BCUT2D eigenvalue weighted by Crippen LogP contribution is 2.36. The van der Waals surface area contributed by atoms with Gasteiger partial charge in [-0.05, 0) is 44.0 Å². The van der Waals surface area contributed by atoms with Gasteiger partial charge in [0.1, 0.15) is 12.1 Å². The molecule has 0 radical (unpaired) electrons. The Morgan fingerprint density at radius 2 is 1.71 bits per heavy atom. The van der Waals surface area contributed by atoms with Gasteiger partial charge in [0.05, 0.1) is 30.6 Å². The van der Waals surface area contributed by atoms with Crippen LogP contribution < -0.4 is 25.6 Å². The predicted molar refractivity (Wildman–Crippen MR) is 136 cm³/mol. The topological polar surface area (TPSA) is 91.5 Å². The van der Waals surface area contributed by atoms with Crippen molar-refractivity contribution in [3.8, 4) is 11.5 Å². The zero-order valence-electron chi connectivity index (χ0n) is 19.8. The Labute approximate surface area is 206 Å². The Bertz CT molecular complexity index is 1540. The van der Waals surface area contributed by atoms with Crippen LogP contribution in [0.2, 0.25) is 5.02 Å². The van der Waals surface area contributed by atoms with Crippen molar-refractivity contribution < 1.29 is 9.47 Å². The van der Waals surface area contributed by atoms with Gasteiger partial charge in [0.25, 0.3) is 5.56 Å². The highest BCUT2D eigenvalue weighted by atomic mass is 35.5. The van der Waals surface area contributed by atoms with Gasteiger partial charge in [-0.15, -0.1) is 0 Å². The molecule has 0 unspecified atom stereocenters. The van der Waals surface area contributed by atoms with Crippen molar-refractivity contribution >= 4 is 39.2 Å². The average molecular weight is 496 g/mol. The molecule has 10 heteroatoms. The predicted octanol–water partition coefficient (Wildman–Crippen LogP) is 3.64. The normalized spacial score (nSPS) is 14.6. The van der Waals surface area contributed by atoms with Gasteiger partial charge in [-0.2, -0.15) is 0 Å². The summed E-state index contributed by atoms with van der Waals surface area (Å²) in [5.41, 5.74) is 0.788. The first kappa shape index (κ1) is 23.2. The average Bonchev–Trinajstić information content (AvgIpc) is 2.88. The van der Waals surface area contributed by atoms with Crippen LogP contribution in [-0.2, 0) is 6.54 Å². The Hall–Kier alpha value is -3.59. The second-order valence-electron chi connectivity index (χ2n) is 8.50. The van der Waals surface area contributed by atoms with E-state index in [1.807, 2.05) is 19.1 Å². The molecule has 0 spiro atoms. The van der Waals surface area contributed by atoms with Gasteiger partial charge in [0.15, 0.2) is 11.5 Å². The number of hydrogen-bond acceptors (Lipinski definition) is 7. The number of hydrogen-bond donors (Lipinski definition) is 0. The summed E-state index contributed by atoms with van der Waals surface area (Å²) in [4.78, 5) is 37.8. The van der Waals surface area contributed by atoms with Gasteiger partial charge in [0, 0.05) is 42.2 Å². The minimum absolute atomic E-state index is 0.213. The third kappa shape index (κ3) is 3.89. The van der Waals surface area contributed by atoms with E-state index in [9.17, 15) is 9.59 Å². The van der Waals surface area contributed by atoms with E-state index in [1.165, 1.54) is 10.9 Å². The van der Waals surface area contributed by atoms with Crippen LogP contribution in [0.5, 0.6) is 11.5 Å².